The normalized spacial score (nSPS) is 20.4. The van der Waals surface area contributed by atoms with Gasteiger partial charge in [-0.15, -0.1) is 0 Å². The van der Waals surface area contributed by atoms with Gasteiger partial charge in [0.15, 0.2) is 0 Å². The van der Waals surface area contributed by atoms with Crippen LogP contribution in [0.5, 0.6) is 17.2 Å². The zero-order valence-electron chi connectivity index (χ0n) is 17.9. The highest BCUT2D eigenvalue weighted by Gasteiger charge is 2.47. The Morgan fingerprint density at radius 2 is 1.57 bits per heavy atom. The SMILES string of the molecule is O=C(O)c1cc2c(c3nc4c(O)cccc4nc13)[C@@H]1Cc3nc4cccc(O)c4nc3C(O)[C@@H]1O2. The van der Waals surface area contributed by atoms with Gasteiger partial charge in [-0.3, -0.25) is 0 Å². The van der Waals surface area contributed by atoms with E-state index in [2.05, 4.69) is 19.9 Å². The average molecular weight is 468 g/mol. The van der Waals surface area contributed by atoms with Crippen molar-refractivity contribution >= 4 is 39.1 Å². The number of aromatic hydroxyl groups is 2. The minimum Gasteiger partial charge on any atom is -0.506 e. The van der Waals surface area contributed by atoms with E-state index in [9.17, 15) is 25.2 Å². The highest BCUT2D eigenvalue weighted by molar-refractivity contribution is 6.05. The summed E-state index contributed by atoms with van der Waals surface area (Å²) in [6.07, 6.45) is -1.58. The number of phenolic OH excluding ortho intramolecular Hbond substituents is 2. The third kappa shape index (κ3) is 2.65. The number of aliphatic hydroxyl groups excluding tert-OH is 1. The average Bonchev–Trinajstić information content (AvgIpc) is 3.21. The molecule has 0 spiro atoms. The van der Waals surface area contributed by atoms with Gasteiger partial charge in [0, 0.05) is 17.9 Å². The van der Waals surface area contributed by atoms with Crippen LogP contribution in [0.3, 0.4) is 0 Å². The highest BCUT2D eigenvalue weighted by Crippen LogP contribution is 2.51. The molecule has 0 radical (unpaired) electrons. The fourth-order valence-electron chi connectivity index (χ4n) is 5.21. The van der Waals surface area contributed by atoms with Crippen LogP contribution in [0.15, 0.2) is 42.5 Å². The first kappa shape index (κ1) is 19.9. The molecule has 3 atom stereocenters. The molecule has 2 aliphatic rings. The van der Waals surface area contributed by atoms with Gasteiger partial charge in [0.2, 0.25) is 0 Å². The number of hydrogen-bond acceptors (Lipinski definition) is 9. The van der Waals surface area contributed by atoms with Crippen LogP contribution in [-0.4, -0.2) is 52.4 Å². The molecule has 3 aromatic carbocycles. The fraction of sp³-hybridized carbons (Fsp3) is 0.160. The number of aliphatic hydroxyl groups is 1. The summed E-state index contributed by atoms with van der Waals surface area (Å²) in [4.78, 5) is 30.3. The maximum absolute atomic E-state index is 12.1. The van der Waals surface area contributed by atoms with E-state index in [0.717, 1.165) is 0 Å². The quantitative estimate of drug-likeness (QED) is 0.269. The summed E-state index contributed by atoms with van der Waals surface area (Å²) in [6, 6.07) is 11.1. The molecule has 10 nitrogen and oxygen atoms in total. The number of para-hydroxylation sites is 2. The molecule has 0 amide bonds. The molecule has 1 aliphatic heterocycles. The smallest absolute Gasteiger partial charge is 0.338 e. The van der Waals surface area contributed by atoms with Crippen LogP contribution in [0, 0.1) is 0 Å². The second-order valence-electron chi connectivity index (χ2n) is 8.75. The molecule has 7 rings (SSSR count). The summed E-state index contributed by atoms with van der Waals surface area (Å²) >= 11 is 0. The summed E-state index contributed by atoms with van der Waals surface area (Å²) < 4.78 is 6.09. The van der Waals surface area contributed by atoms with Crippen molar-refractivity contribution in [1.29, 1.82) is 0 Å². The highest BCUT2D eigenvalue weighted by atomic mass is 16.5. The number of carboxylic acid groups (broad SMARTS) is 1. The van der Waals surface area contributed by atoms with Gasteiger partial charge in [-0.05, 0) is 30.3 Å². The van der Waals surface area contributed by atoms with E-state index in [1.54, 1.807) is 24.3 Å². The number of rotatable bonds is 1. The van der Waals surface area contributed by atoms with Crippen molar-refractivity contribution < 1.29 is 30.0 Å². The fourth-order valence-corrected chi connectivity index (χ4v) is 5.21. The Hall–Kier alpha value is -4.57. The van der Waals surface area contributed by atoms with Gasteiger partial charge in [0.05, 0.1) is 33.5 Å². The number of aromatic nitrogens is 4. The molecular formula is C25H16N4O6. The van der Waals surface area contributed by atoms with Gasteiger partial charge in [-0.2, -0.15) is 0 Å². The van der Waals surface area contributed by atoms with E-state index < -0.39 is 24.1 Å². The van der Waals surface area contributed by atoms with Crippen LogP contribution in [0.1, 0.15) is 39.3 Å². The molecule has 0 bridgehead atoms. The number of phenols is 2. The second kappa shape index (κ2) is 6.73. The molecule has 0 saturated heterocycles. The molecule has 172 valence electrons. The van der Waals surface area contributed by atoms with Crippen molar-refractivity contribution in [2.75, 3.05) is 0 Å². The van der Waals surface area contributed by atoms with Gasteiger partial charge < -0.3 is 25.2 Å². The first-order valence-corrected chi connectivity index (χ1v) is 10.9. The number of carboxylic acids is 1. The van der Waals surface area contributed by atoms with E-state index in [4.69, 9.17) is 4.74 Å². The lowest BCUT2D eigenvalue weighted by Gasteiger charge is -2.30. The number of benzene rings is 3. The van der Waals surface area contributed by atoms with E-state index in [0.29, 0.717) is 39.9 Å². The first-order valence-electron chi connectivity index (χ1n) is 10.9. The molecule has 5 aromatic rings. The third-order valence-electron chi connectivity index (χ3n) is 6.77. The molecule has 1 unspecified atom stereocenters. The lowest BCUT2D eigenvalue weighted by Crippen LogP contribution is -2.34. The van der Waals surface area contributed by atoms with Crippen molar-refractivity contribution in [1.82, 2.24) is 19.9 Å². The van der Waals surface area contributed by atoms with Crippen LogP contribution in [0.25, 0.3) is 33.1 Å². The van der Waals surface area contributed by atoms with E-state index >= 15 is 0 Å². The summed E-state index contributed by atoms with van der Waals surface area (Å²) in [7, 11) is 0. The number of ether oxygens (including phenoxy) is 1. The van der Waals surface area contributed by atoms with Crippen LogP contribution in [0.2, 0.25) is 0 Å². The summed E-state index contributed by atoms with van der Waals surface area (Å²) in [5, 5.41) is 41.6. The standard InChI is InChI=1S/C25H16N4O6/c30-14-5-1-3-11-19(14)28-21-13(26-11)7-9-17-16(35-24(9)23(21)32)8-10(25(33)34)18-22(17)29-20-12(27-18)4-2-6-15(20)31/h1-6,8-9,23-24,30-32H,7H2,(H,33,34)/t9-,23?,24+/m0/s1. The van der Waals surface area contributed by atoms with E-state index in [1.165, 1.54) is 18.2 Å². The van der Waals surface area contributed by atoms with Crippen molar-refractivity contribution in [3.05, 3.63) is 65.0 Å². The lowest BCUT2D eigenvalue weighted by molar-refractivity contribution is 0.0230. The Kier molecular flexibility index (Phi) is 3.82. The summed E-state index contributed by atoms with van der Waals surface area (Å²) in [6.45, 7) is 0. The van der Waals surface area contributed by atoms with Crippen LogP contribution < -0.4 is 4.74 Å². The maximum atomic E-state index is 12.1. The molecule has 3 heterocycles. The van der Waals surface area contributed by atoms with Crippen LogP contribution in [0.4, 0.5) is 0 Å². The molecule has 1 aliphatic carbocycles. The second-order valence-corrected chi connectivity index (χ2v) is 8.75. The van der Waals surface area contributed by atoms with Crippen LogP contribution in [-0.2, 0) is 6.42 Å². The number of aromatic carboxylic acids is 1. The van der Waals surface area contributed by atoms with Crippen molar-refractivity contribution in [2.24, 2.45) is 0 Å². The van der Waals surface area contributed by atoms with Crippen LogP contribution >= 0.6 is 0 Å². The molecule has 10 heteroatoms. The van der Waals surface area contributed by atoms with Gasteiger partial charge in [0.25, 0.3) is 0 Å². The maximum Gasteiger partial charge on any atom is 0.338 e. The Morgan fingerprint density at radius 1 is 0.886 bits per heavy atom. The number of nitrogens with zero attached hydrogens (tertiary/aromatic N) is 4. The zero-order chi connectivity index (χ0) is 24.0. The molecule has 0 fully saturated rings. The third-order valence-corrected chi connectivity index (χ3v) is 6.77. The Labute approximate surface area is 196 Å². The lowest BCUT2D eigenvalue weighted by atomic mass is 9.81. The largest absolute Gasteiger partial charge is 0.506 e. The minimum atomic E-state index is -1.20. The van der Waals surface area contributed by atoms with Gasteiger partial charge in [0.1, 0.15) is 46.0 Å². The zero-order valence-corrected chi connectivity index (χ0v) is 17.9. The van der Waals surface area contributed by atoms with Crippen molar-refractivity contribution in [3.63, 3.8) is 0 Å². The minimum absolute atomic E-state index is 0.0400. The van der Waals surface area contributed by atoms with Gasteiger partial charge in [-0.25, -0.2) is 24.7 Å². The number of hydrogen-bond donors (Lipinski definition) is 4. The Bertz CT molecular complexity index is 1750. The molecule has 2 aromatic heterocycles. The first-order chi connectivity index (χ1) is 16.9. The summed E-state index contributed by atoms with van der Waals surface area (Å²) in [5.74, 6) is -1.43. The molecule has 0 saturated carbocycles. The van der Waals surface area contributed by atoms with Crippen molar-refractivity contribution in [2.45, 2.75) is 24.5 Å². The monoisotopic (exact) mass is 468 g/mol. The topological polar surface area (TPSA) is 159 Å². The molecular weight excluding hydrogens is 452 g/mol. The molecule has 4 N–H and O–H groups in total. The van der Waals surface area contributed by atoms with Gasteiger partial charge in [-0.1, -0.05) is 12.1 Å². The van der Waals surface area contributed by atoms with E-state index in [1.807, 2.05) is 0 Å². The van der Waals surface area contributed by atoms with E-state index in [-0.39, 0.29) is 39.4 Å². The summed E-state index contributed by atoms with van der Waals surface area (Å²) in [5.41, 5.74) is 3.24. The predicted octanol–water partition coefficient (Wildman–Crippen LogP) is 2.97. The van der Waals surface area contributed by atoms with Crippen molar-refractivity contribution in [3.8, 4) is 17.2 Å². The number of carbonyl (C=O) groups is 1. The molecule has 35 heavy (non-hydrogen) atoms. The Morgan fingerprint density at radius 3 is 2.29 bits per heavy atom. The number of fused-ring (bicyclic) bond motifs is 8. The van der Waals surface area contributed by atoms with Gasteiger partial charge >= 0.3 is 5.97 Å². The predicted molar refractivity (Wildman–Crippen MR) is 123 cm³/mol. The Balaban J connectivity index is 1.49.